The van der Waals surface area contributed by atoms with E-state index in [2.05, 4.69) is 16.0 Å². The summed E-state index contributed by atoms with van der Waals surface area (Å²) in [6.45, 7) is 0.486. The van der Waals surface area contributed by atoms with Crippen LogP contribution >= 0.6 is 0 Å². The number of benzene rings is 1. The van der Waals surface area contributed by atoms with Crippen LogP contribution in [0.3, 0.4) is 0 Å². The summed E-state index contributed by atoms with van der Waals surface area (Å²) in [7, 11) is 1.65. The molecular weight excluding hydrogens is 248 g/mol. The first-order valence-corrected chi connectivity index (χ1v) is 6.10. The maximum Gasteiger partial charge on any atom is 0.315 e. The van der Waals surface area contributed by atoms with E-state index in [9.17, 15) is 14.9 Å². The first kappa shape index (κ1) is 13.1. The molecule has 1 aromatic carbocycles. The van der Waals surface area contributed by atoms with Crippen LogP contribution in [0.1, 0.15) is 12.8 Å². The molecular formula is C12H16N4O3. The van der Waals surface area contributed by atoms with E-state index in [-0.39, 0.29) is 17.6 Å². The van der Waals surface area contributed by atoms with Crippen LogP contribution in [-0.4, -0.2) is 30.5 Å². The van der Waals surface area contributed by atoms with E-state index in [4.69, 9.17) is 0 Å². The maximum atomic E-state index is 11.2. The van der Waals surface area contributed by atoms with Crippen molar-refractivity contribution >= 4 is 23.0 Å². The third-order valence-electron chi connectivity index (χ3n) is 3.11. The molecule has 1 aliphatic rings. The van der Waals surface area contributed by atoms with Gasteiger partial charge in [-0.05, 0) is 18.6 Å². The van der Waals surface area contributed by atoms with Crippen LogP contribution in [-0.2, 0) is 4.79 Å². The van der Waals surface area contributed by atoms with E-state index in [1.165, 1.54) is 0 Å². The molecule has 19 heavy (non-hydrogen) atoms. The van der Waals surface area contributed by atoms with Gasteiger partial charge in [-0.25, -0.2) is 0 Å². The molecule has 0 radical (unpaired) electrons. The Morgan fingerprint density at radius 2 is 2.16 bits per heavy atom. The number of nitrogens with zero attached hydrogens (tertiary/aromatic N) is 1. The van der Waals surface area contributed by atoms with Gasteiger partial charge in [-0.1, -0.05) is 6.07 Å². The van der Waals surface area contributed by atoms with Gasteiger partial charge in [0.25, 0.3) is 0 Å². The lowest BCUT2D eigenvalue weighted by molar-refractivity contribution is -0.383. The summed E-state index contributed by atoms with van der Waals surface area (Å²) in [5, 5.41) is 19.8. The van der Waals surface area contributed by atoms with Crippen LogP contribution in [0.2, 0.25) is 0 Å². The third-order valence-corrected chi connectivity index (χ3v) is 3.11. The molecule has 2 rings (SSSR count). The van der Waals surface area contributed by atoms with E-state index in [1.54, 1.807) is 25.2 Å². The van der Waals surface area contributed by atoms with Crippen molar-refractivity contribution in [1.29, 1.82) is 0 Å². The zero-order valence-corrected chi connectivity index (χ0v) is 10.6. The molecule has 0 aromatic heterocycles. The Balaban J connectivity index is 2.20. The highest BCUT2D eigenvalue weighted by Gasteiger charge is 2.23. The minimum Gasteiger partial charge on any atom is -0.382 e. The highest BCUT2D eigenvalue weighted by atomic mass is 16.6. The second-order valence-electron chi connectivity index (χ2n) is 4.39. The lowest BCUT2D eigenvalue weighted by atomic mass is 10.1. The molecule has 1 aliphatic heterocycles. The van der Waals surface area contributed by atoms with Crippen molar-refractivity contribution in [3.05, 3.63) is 28.3 Å². The predicted octanol–water partition coefficient (Wildman–Crippen LogP) is 1.33. The number of carbonyl (C=O) groups is 1. The van der Waals surface area contributed by atoms with Gasteiger partial charge in [-0.15, -0.1) is 0 Å². The number of anilines is 2. The Morgan fingerprint density at radius 1 is 1.42 bits per heavy atom. The van der Waals surface area contributed by atoms with Crippen molar-refractivity contribution in [2.24, 2.45) is 0 Å². The van der Waals surface area contributed by atoms with Gasteiger partial charge in [0.1, 0.15) is 11.4 Å². The van der Waals surface area contributed by atoms with Crippen molar-refractivity contribution in [3.8, 4) is 0 Å². The fraction of sp³-hybridized carbons (Fsp3) is 0.417. The average molecular weight is 264 g/mol. The van der Waals surface area contributed by atoms with E-state index >= 15 is 0 Å². The maximum absolute atomic E-state index is 11.2. The van der Waals surface area contributed by atoms with Gasteiger partial charge in [0, 0.05) is 26.1 Å². The lowest BCUT2D eigenvalue weighted by Crippen LogP contribution is -2.41. The summed E-state index contributed by atoms with van der Waals surface area (Å²) in [5.74, 6) is 0.0246. The third kappa shape index (κ3) is 2.93. The molecule has 1 fully saturated rings. The highest BCUT2D eigenvalue weighted by molar-refractivity contribution is 5.78. The van der Waals surface area contributed by atoms with Crippen molar-refractivity contribution in [1.82, 2.24) is 5.32 Å². The summed E-state index contributed by atoms with van der Waals surface area (Å²) in [6.07, 6.45) is 1.12. The number of carbonyl (C=O) groups excluding carboxylic acids is 1. The number of rotatable bonds is 4. The number of hydrogen-bond donors (Lipinski definition) is 3. The summed E-state index contributed by atoms with van der Waals surface area (Å²) in [6, 6.07) is 5.10. The molecule has 1 amide bonds. The lowest BCUT2D eigenvalue weighted by Gasteiger charge is -2.24. The van der Waals surface area contributed by atoms with Crippen LogP contribution < -0.4 is 16.0 Å². The number of nitro groups is 1. The normalized spacial score (nSPS) is 18.6. The minimum atomic E-state index is -0.407. The van der Waals surface area contributed by atoms with Gasteiger partial charge >= 0.3 is 5.69 Å². The van der Waals surface area contributed by atoms with Crippen LogP contribution in [0.25, 0.3) is 0 Å². The van der Waals surface area contributed by atoms with Gasteiger partial charge in [0.05, 0.1) is 4.92 Å². The van der Waals surface area contributed by atoms with Crippen LogP contribution in [0, 0.1) is 10.1 Å². The second kappa shape index (κ2) is 5.55. The van der Waals surface area contributed by atoms with Crippen LogP contribution in [0.15, 0.2) is 18.2 Å². The van der Waals surface area contributed by atoms with Crippen molar-refractivity contribution in [2.45, 2.75) is 18.9 Å². The Bertz CT molecular complexity index is 494. The Hall–Kier alpha value is -2.31. The number of nitrogens with one attached hydrogen (secondary N) is 3. The molecule has 3 N–H and O–H groups in total. The Kier molecular flexibility index (Phi) is 3.84. The zero-order valence-electron chi connectivity index (χ0n) is 10.6. The molecule has 1 aromatic rings. The van der Waals surface area contributed by atoms with Gasteiger partial charge in [-0.2, -0.15) is 0 Å². The van der Waals surface area contributed by atoms with Gasteiger partial charge in [-0.3, -0.25) is 14.9 Å². The molecule has 1 saturated heterocycles. The molecule has 1 unspecified atom stereocenters. The van der Waals surface area contributed by atoms with E-state index in [0.29, 0.717) is 30.8 Å². The zero-order chi connectivity index (χ0) is 13.8. The highest BCUT2D eigenvalue weighted by Crippen LogP contribution is 2.33. The largest absolute Gasteiger partial charge is 0.382 e. The molecule has 7 heteroatoms. The van der Waals surface area contributed by atoms with Gasteiger partial charge < -0.3 is 16.0 Å². The monoisotopic (exact) mass is 264 g/mol. The molecule has 0 saturated carbocycles. The SMILES string of the molecule is CNc1cccc(NC2CCC(=O)NC2)c1[N+](=O)[O-]. The molecule has 0 aliphatic carbocycles. The number of para-hydroxylation sites is 1. The standard InChI is InChI=1S/C12H16N4O3/c1-13-9-3-2-4-10(12(9)16(18)19)15-8-5-6-11(17)14-7-8/h2-4,8,13,15H,5-7H2,1H3,(H,14,17). The number of piperidine rings is 1. The first-order chi connectivity index (χ1) is 9.11. The number of amides is 1. The fourth-order valence-corrected chi connectivity index (χ4v) is 2.13. The second-order valence-corrected chi connectivity index (χ2v) is 4.39. The number of nitro benzene ring substituents is 1. The van der Waals surface area contributed by atoms with Crippen LogP contribution in [0.5, 0.6) is 0 Å². The molecule has 0 bridgehead atoms. The molecule has 102 valence electrons. The van der Waals surface area contributed by atoms with Crippen molar-refractivity contribution < 1.29 is 9.72 Å². The summed E-state index contributed by atoms with van der Waals surface area (Å²) in [4.78, 5) is 21.8. The fourth-order valence-electron chi connectivity index (χ4n) is 2.13. The average Bonchev–Trinajstić information content (AvgIpc) is 2.40. The first-order valence-electron chi connectivity index (χ1n) is 6.10. The van der Waals surface area contributed by atoms with Crippen molar-refractivity contribution in [3.63, 3.8) is 0 Å². The van der Waals surface area contributed by atoms with E-state index in [0.717, 1.165) is 0 Å². The van der Waals surface area contributed by atoms with Crippen molar-refractivity contribution in [2.75, 3.05) is 24.2 Å². The van der Waals surface area contributed by atoms with Gasteiger partial charge in [0.15, 0.2) is 0 Å². The van der Waals surface area contributed by atoms with E-state index < -0.39 is 4.92 Å². The van der Waals surface area contributed by atoms with Gasteiger partial charge in [0.2, 0.25) is 5.91 Å². The topological polar surface area (TPSA) is 96.3 Å². The predicted molar refractivity (Wildman–Crippen MR) is 72.3 cm³/mol. The Morgan fingerprint density at radius 3 is 2.74 bits per heavy atom. The molecule has 1 atom stereocenters. The molecule has 7 nitrogen and oxygen atoms in total. The smallest absolute Gasteiger partial charge is 0.315 e. The summed E-state index contributed by atoms with van der Waals surface area (Å²) >= 11 is 0. The van der Waals surface area contributed by atoms with Crippen LogP contribution in [0.4, 0.5) is 17.1 Å². The molecule has 0 spiro atoms. The quantitative estimate of drug-likeness (QED) is 0.563. The summed E-state index contributed by atoms with van der Waals surface area (Å²) in [5.41, 5.74) is 0.967. The molecule has 1 heterocycles. The Labute approximate surface area is 110 Å². The summed E-state index contributed by atoms with van der Waals surface area (Å²) < 4.78 is 0. The number of hydrogen-bond acceptors (Lipinski definition) is 5. The van der Waals surface area contributed by atoms with E-state index in [1.807, 2.05) is 0 Å². The minimum absolute atomic E-state index is 0.0171.